The summed E-state index contributed by atoms with van der Waals surface area (Å²) < 4.78 is 11.5. The molecule has 0 unspecified atom stereocenters. The molecule has 200 valence electrons. The molecule has 0 spiro atoms. The highest BCUT2D eigenvalue weighted by Gasteiger charge is 2.24. The molecule has 1 aliphatic rings. The largest absolute Gasteiger partial charge is 0.489 e. The van der Waals surface area contributed by atoms with Gasteiger partial charge in [0.15, 0.2) is 0 Å². The Morgan fingerprint density at radius 3 is 2.66 bits per heavy atom. The zero-order valence-electron chi connectivity index (χ0n) is 22.6. The predicted molar refractivity (Wildman–Crippen MR) is 154 cm³/mol. The van der Waals surface area contributed by atoms with Gasteiger partial charge in [-0.2, -0.15) is 0 Å². The van der Waals surface area contributed by atoms with E-state index in [0.717, 1.165) is 40.5 Å². The van der Waals surface area contributed by atoms with E-state index in [1.165, 1.54) is 5.57 Å². The van der Waals surface area contributed by atoms with Crippen molar-refractivity contribution >= 4 is 29.5 Å². The summed E-state index contributed by atoms with van der Waals surface area (Å²) in [4.78, 5) is 21.7. The molecular formula is C30H37N5O3. The maximum Gasteiger partial charge on any atom is 0.410 e. The number of anilines is 2. The second-order valence-corrected chi connectivity index (χ2v) is 10.2. The van der Waals surface area contributed by atoms with Crippen LogP contribution < -0.4 is 15.4 Å². The first-order chi connectivity index (χ1) is 18.3. The molecule has 0 aliphatic carbocycles. The van der Waals surface area contributed by atoms with Crippen LogP contribution in [0.5, 0.6) is 5.75 Å². The van der Waals surface area contributed by atoms with Crippen molar-refractivity contribution < 1.29 is 14.3 Å². The Morgan fingerprint density at radius 2 is 1.95 bits per heavy atom. The van der Waals surface area contributed by atoms with Gasteiger partial charge in [0.05, 0.1) is 6.34 Å². The number of carbonyl (C=O) groups is 1. The van der Waals surface area contributed by atoms with E-state index in [2.05, 4.69) is 44.9 Å². The summed E-state index contributed by atoms with van der Waals surface area (Å²) in [5.74, 6) is 1.69. The van der Waals surface area contributed by atoms with E-state index in [1.807, 2.05) is 63.2 Å². The lowest BCUT2D eigenvalue weighted by molar-refractivity contribution is 0.0270. The molecule has 3 aromatic rings. The fraction of sp³-hybridized carbons (Fsp3) is 0.333. The number of H-pyrrole nitrogens is 1. The number of carbonyl (C=O) groups excluding carboxylic acids is 1. The fourth-order valence-electron chi connectivity index (χ4n) is 4.11. The molecule has 1 amide bonds. The van der Waals surface area contributed by atoms with Crippen molar-refractivity contribution in [3.63, 3.8) is 0 Å². The standard InChI is InChI=1S/C30H37N5O3/c1-30(2,3)38-29(36)35-15-13-23(14-16-35)27-17-24(28(34-27)33-21-31-4)19-32-25-11-8-12-26(18-25)37-20-22-9-6-5-7-10-22/h5-13,17-18,21,32,34H,14-16,19-20H2,1-4H3,(H,31,33). The zero-order chi connectivity index (χ0) is 27.0. The molecule has 8 heteroatoms. The van der Waals surface area contributed by atoms with Crippen molar-refractivity contribution in [1.29, 1.82) is 0 Å². The molecule has 1 aliphatic heterocycles. The SMILES string of the molecule is CN=CNc1[nH]c(C2=CCN(C(=O)OC(C)(C)C)CC2)cc1CNc1cccc(OCc2ccccc2)c1. The van der Waals surface area contributed by atoms with Gasteiger partial charge < -0.3 is 30.0 Å². The third-order valence-electron chi connectivity index (χ3n) is 6.01. The molecule has 38 heavy (non-hydrogen) atoms. The maximum atomic E-state index is 12.4. The van der Waals surface area contributed by atoms with E-state index < -0.39 is 5.60 Å². The number of ether oxygens (including phenoxy) is 2. The van der Waals surface area contributed by atoms with Crippen LogP contribution in [0.2, 0.25) is 0 Å². The molecule has 4 rings (SSSR count). The van der Waals surface area contributed by atoms with Crippen molar-refractivity contribution in [3.05, 3.63) is 83.6 Å². The Morgan fingerprint density at radius 1 is 1.13 bits per heavy atom. The van der Waals surface area contributed by atoms with Gasteiger partial charge in [-0.25, -0.2) is 4.79 Å². The minimum Gasteiger partial charge on any atom is -0.489 e. The van der Waals surface area contributed by atoms with E-state index >= 15 is 0 Å². The Hall–Kier alpha value is -4.20. The van der Waals surface area contributed by atoms with Gasteiger partial charge in [0.1, 0.15) is 23.8 Å². The Labute approximate surface area is 224 Å². The molecular weight excluding hydrogens is 478 g/mol. The lowest BCUT2D eigenvalue weighted by Crippen LogP contribution is -2.39. The molecule has 0 saturated carbocycles. The average Bonchev–Trinajstić information content (AvgIpc) is 3.32. The van der Waals surface area contributed by atoms with Gasteiger partial charge in [0.2, 0.25) is 0 Å². The van der Waals surface area contributed by atoms with Crippen LogP contribution in [0, 0.1) is 0 Å². The third kappa shape index (κ3) is 7.65. The number of aromatic amines is 1. The van der Waals surface area contributed by atoms with Gasteiger partial charge in [-0.1, -0.05) is 42.5 Å². The smallest absolute Gasteiger partial charge is 0.410 e. The van der Waals surface area contributed by atoms with Crippen molar-refractivity contribution in [2.45, 2.75) is 45.9 Å². The molecule has 1 aromatic heterocycles. The van der Waals surface area contributed by atoms with Crippen molar-refractivity contribution in [3.8, 4) is 5.75 Å². The summed E-state index contributed by atoms with van der Waals surface area (Å²) in [5.41, 5.74) is 4.87. The van der Waals surface area contributed by atoms with Gasteiger partial charge in [0.25, 0.3) is 0 Å². The van der Waals surface area contributed by atoms with Gasteiger partial charge >= 0.3 is 6.09 Å². The Kier molecular flexibility index (Phi) is 8.73. The highest BCUT2D eigenvalue weighted by Crippen LogP contribution is 2.28. The number of nitrogens with one attached hydrogen (secondary N) is 3. The number of rotatable bonds is 9. The van der Waals surface area contributed by atoms with Crippen molar-refractivity contribution in [2.24, 2.45) is 4.99 Å². The third-order valence-corrected chi connectivity index (χ3v) is 6.01. The van der Waals surface area contributed by atoms with Gasteiger partial charge in [-0.15, -0.1) is 0 Å². The average molecular weight is 516 g/mol. The van der Waals surface area contributed by atoms with Gasteiger partial charge in [0, 0.05) is 49.7 Å². The molecule has 0 radical (unpaired) electrons. The van der Waals surface area contributed by atoms with E-state index in [-0.39, 0.29) is 6.09 Å². The molecule has 0 atom stereocenters. The first-order valence-corrected chi connectivity index (χ1v) is 12.9. The van der Waals surface area contributed by atoms with E-state index in [9.17, 15) is 4.79 Å². The van der Waals surface area contributed by atoms with Crippen LogP contribution in [0.25, 0.3) is 5.57 Å². The monoisotopic (exact) mass is 515 g/mol. The quantitative estimate of drug-likeness (QED) is 0.230. The minimum absolute atomic E-state index is 0.277. The van der Waals surface area contributed by atoms with Crippen LogP contribution in [-0.2, 0) is 17.9 Å². The number of hydrogen-bond donors (Lipinski definition) is 3. The summed E-state index contributed by atoms with van der Waals surface area (Å²) in [6, 6.07) is 20.2. The normalized spacial score (nSPS) is 13.8. The molecule has 2 heterocycles. The van der Waals surface area contributed by atoms with Crippen LogP contribution >= 0.6 is 0 Å². The lowest BCUT2D eigenvalue weighted by Gasteiger charge is -2.29. The van der Waals surface area contributed by atoms with Crippen molar-refractivity contribution in [2.75, 3.05) is 30.8 Å². The maximum absolute atomic E-state index is 12.4. The van der Waals surface area contributed by atoms with Crippen LogP contribution in [-0.4, -0.2) is 48.1 Å². The second kappa shape index (κ2) is 12.4. The van der Waals surface area contributed by atoms with Crippen molar-refractivity contribution in [1.82, 2.24) is 9.88 Å². The first-order valence-electron chi connectivity index (χ1n) is 12.9. The van der Waals surface area contributed by atoms with E-state index in [4.69, 9.17) is 9.47 Å². The summed E-state index contributed by atoms with van der Waals surface area (Å²) in [5, 5.41) is 6.74. The molecule has 0 fully saturated rings. The Balaban J connectivity index is 1.41. The number of aromatic nitrogens is 1. The molecule has 0 saturated heterocycles. The fourth-order valence-corrected chi connectivity index (χ4v) is 4.11. The number of aliphatic imine (C=N–C) groups is 1. The van der Waals surface area contributed by atoms with E-state index in [1.54, 1.807) is 18.3 Å². The Bertz CT molecular complexity index is 1270. The summed E-state index contributed by atoms with van der Waals surface area (Å²) >= 11 is 0. The number of hydrogen-bond acceptors (Lipinski definition) is 5. The highest BCUT2D eigenvalue weighted by molar-refractivity contribution is 5.78. The number of benzene rings is 2. The molecule has 3 N–H and O–H groups in total. The summed E-state index contributed by atoms with van der Waals surface area (Å²) in [6.45, 7) is 7.91. The summed E-state index contributed by atoms with van der Waals surface area (Å²) in [7, 11) is 1.73. The minimum atomic E-state index is -0.503. The van der Waals surface area contributed by atoms with Gasteiger partial charge in [-0.05, 0) is 56.5 Å². The van der Waals surface area contributed by atoms with Crippen LogP contribution in [0.3, 0.4) is 0 Å². The molecule has 0 bridgehead atoms. The van der Waals surface area contributed by atoms with Crippen LogP contribution in [0.4, 0.5) is 16.3 Å². The zero-order valence-corrected chi connectivity index (χ0v) is 22.6. The van der Waals surface area contributed by atoms with E-state index in [0.29, 0.717) is 26.2 Å². The lowest BCUT2D eigenvalue weighted by atomic mass is 10.0. The van der Waals surface area contributed by atoms with Crippen LogP contribution in [0.1, 0.15) is 44.0 Å². The van der Waals surface area contributed by atoms with Gasteiger partial charge in [-0.3, -0.25) is 4.99 Å². The topological polar surface area (TPSA) is 91.0 Å². The number of amides is 1. The molecule has 8 nitrogen and oxygen atoms in total. The molecule has 2 aromatic carbocycles. The number of nitrogens with zero attached hydrogens (tertiary/aromatic N) is 2. The second-order valence-electron chi connectivity index (χ2n) is 10.2. The first kappa shape index (κ1) is 26.9. The van der Waals surface area contributed by atoms with Crippen LogP contribution in [0.15, 0.2) is 71.7 Å². The predicted octanol–water partition coefficient (Wildman–Crippen LogP) is 6.30. The summed E-state index contributed by atoms with van der Waals surface area (Å²) in [6.07, 6.45) is 4.22. The highest BCUT2D eigenvalue weighted by atomic mass is 16.6.